The van der Waals surface area contributed by atoms with Crippen molar-refractivity contribution in [3.63, 3.8) is 0 Å². The van der Waals surface area contributed by atoms with Crippen LogP contribution in [0.2, 0.25) is 0 Å². The Bertz CT molecular complexity index is 1300. The number of benzene rings is 2. The van der Waals surface area contributed by atoms with E-state index in [-0.39, 0.29) is 5.91 Å². The molecule has 0 heterocycles. The molecule has 0 atom stereocenters. The summed E-state index contributed by atoms with van der Waals surface area (Å²) in [6, 6.07) is 12.9. The van der Waals surface area contributed by atoms with Crippen LogP contribution >= 0.6 is 0 Å². The first kappa shape index (κ1) is 30.0. The number of hydrazone groups is 1. The number of allylic oxidation sites excluding steroid dienone is 8. The first-order chi connectivity index (χ1) is 19.4. The molecule has 0 saturated heterocycles. The van der Waals surface area contributed by atoms with Crippen molar-refractivity contribution in [2.75, 3.05) is 17.6 Å². The number of hydrogen-bond donors (Lipinski definition) is 4. The lowest BCUT2D eigenvalue weighted by Gasteiger charge is -2.12. The molecular weight excluding hydrogens is 498 g/mol. The number of rotatable bonds is 14. The lowest BCUT2D eigenvalue weighted by Crippen LogP contribution is -2.23. The number of anilines is 2. The van der Waals surface area contributed by atoms with Gasteiger partial charge in [-0.2, -0.15) is 5.10 Å². The average molecular weight is 540 g/mol. The molecule has 0 aliphatic heterocycles. The summed E-state index contributed by atoms with van der Waals surface area (Å²) in [6.45, 7) is 7.09. The predicted octanol–water partition coefficient (Wildman–Crippen LogP) is 7.01. The van der Waals surface area contributed by atoms with E-state index in [0.717, 1.165) is 54.2 Å². The van der Waals surface area contributed by atoms with Crippen molar-refractivity contribution in [3.8, 4) is 5.75 Å². The number of nitrogens with one attached hydrogen (secondary N) is 3. The number of carbonyl (C=O) groups excluding carboxylic acids is 1. The third kappa shape index (κ3) is 10.7. The fraction of sp³-hybridized carbons (Fsp3) is 0.273. The SMILES string of the molecule is CC/C=C\CC/C(C)=C/N/N=C(\C)CNc1ccc(C(=O)NCc2ccc(OC3=CCC=CC=C3)cc2)cc1N. The predicted molar refractivity (Wildman–Crippen MR) is 167 cm³/mol. The number of nitrogens with two attached hydrogens (primary N) is 1. The quantitative estimate of drug-likeness (QED) is 0.0896. The van der Waals surface area contributed by atoms with Crippen molar-refractivity contribution in [2.24, 2.45) is 5.10 Å². The third-order valence-electron chi connectivity index (χ3n) is 6.10. The maximum Gasteiger partial charge on any atom is 0.251 e. The van der Waals surface area contributed by atoms with Gasteiger partial charge in [0, 0.05) is 18.3 Å². The van der Waals surface area contributed by atoms with Gasteiger partial charge in [0.25, 0.3) is 5.91 Å². The molecule has 0 aromatic heterocycles. The highest BCUT2D eigenvalue weighted by atomic mass is 16.5. The standard InChI is InChI=1S/C33H41N5O2/c1-4-5-6-9-12-25(2)22-37-38-26(3)23-35-32-20-17-28(21-31(32)34)33(39)36-24-27-15-18-30(19-16-27)40-29-13-10-7-8-11-14-29/h5-8,10,13-22,35,37H,4,9,11-12,23-24,34H2,1-3H3,(H,36,39)/b6-5-,25-22+,38-26+. The van der Waals surface area contributed by atoms with E-state index in [0.29, 0.717) is 24.3 Å². The summed E-state index contributed by atoms with van der Waals surface area (Å²) < 4.78 is 5.90. The van der Waals surface area contributed by atoms with Crippen LogP contribution in [0, 0.1) is 0 Å². The summed E-state index contributed by atoms with van der Waals surface area (Å²) >= 11 is 0. The maximum absolute atomic E-state index is 12.7. The van der Waals surface area contributed by atoms with Crippen molar-refractivity contribution < 1.29 is 9.53 Å². The van der Waals surface area contributed by atoms with Gasteiger partial charge in [0.2, 0.25) is 0 Å². The molecule has 0 saturated carbocycles. The summed E-state index contributed by atoms with van der Waals surface area (Å²) in [5.41, 5.74) is 14.1. The first-order valence-electron chi connectivity index (χ1n) is 13.8. The minimum atomic E-state index is -0.186. The van der Waals surface area contributed by atoms with Gasteiger partial charge in [0.1, 0.15) is 11.5 Å². The van der Waals surface area contributed by atoms with E-state index in [9.17, 15) is 4.79 Å². The van der Waals surface area contributed by atoms with Gasteiger partial charge in [0.15, 0.2) is 0 Å². The Morgan fingerprint density at radius 1 is 1.10 bits per heavy atom. The Morgan fingerprint density at radius 2 is 1.93 bits per heavy atom. The molecule has 1 aliphatic carbocycles. The molecule has 40 heavy (non-hydrogen) atoms. The fourth-order valence-corrected chi connectivity index (χ4v) is 3.78. The van der Waals surface area contributed by atoms with Crippen LogP contribution < -0.4 is 26.5 Å². The van der Waals surface area contributed by atoms with Gasteiger partial charge in [0.05, 0.1) is 23.6 Å². The Hall–Kier alpha value is -4.52. The molecule has 1 aliphatic rings. The number of amides is 1. The van der Waals surface area contributed by atoms with Crippen LogP contribution in [-0.2, 0) is 6.54 Å². The molecule has 1 amide bonds. The van der Waals surface area contributed by atoms with Gasteiger partial charge in [-0.3, -0.25) is 10.2 Å². The van der Waals surface area contributed by atoms with E-state index in [1.54, 1.807) is 12.1 Å². The van der Waals surface area contributed by atoms with Crippen molar-refractivity contribution >= 4 is 23.0 Å². The van der Waals surface area contributed by atoms with Crippen molar-refractivity contribution in [2.45, 2.75) is 53.0 Å². The third-order valence-corrected chi connectivity index (χ3v) is 6.10. The Morgan fingerprint density at radius 3 is 2.70 bits per heavy atom. The monoisotopic (exact) mass is 539 g/mol. The van der Waals surface area contributed by atoms with Crippen LogP contribution in [0.25, 0.3) is 0 Å². The van der Waals surface area contributed by atoms with E-state index >= 15 is 0 Å². The van der Waals surface area contributed by atoms with Gasteiger partial charge >= 0.3 is 0 Å². The molecule has 3 rings (SSSR count). The van der Waals surface area contributed by atoms with Gasteiger partial charge in [-0.05, 0) is 87.6 Å². The minimum absolute atomic E-state index is 0.186. The highest BCUT2D eigenvalue weighted by Gasteiger charge is 2.09. The van der Waals surface area contributed by atoms with Gasteiger partial charge < -0.3 is 21.1 Å². The van der Waals surface area contributed by atoms with Crippen LogP contribution in [0.4, 0.5) is 11.4 Å². The highest BCUT2D eigenvalue weighted by molar-refractivity contribution is 5.96. The smallest absolute Gasteiger partial charge is 0.251 e. The molecule has 0 radical (unpaired) electrons. The Kier molecular flexibility index (Phi) is 12.3. The lowest BCUT2D eigenvalue weighted by molar-refractivity contribution is 0.0951. The van der Waals surface area contributed by atoms with E-state index in [1.165, 1.54) is 5.57 Å². The zero-order chi connectivity index (χ0) is 28.6. The first-order valence-corrected chi connectivity index (χ1v) is 13.8. The van der Waals surface area contributed by atoms with Crippen LogP contribution in [0.1, 0.15) is 62.4 Å². The molecule has 5 N–H and O–H groups in total. The Balaban J connectivity index is 1.44. The molecule has 7 heteroatoms. The van der Waals surface area contributed by atoms with Crippen LogP contribution in [0.15, 0.2) is 108 Å². The second-order valence-electron chi connectivity index (χ2n) is 9.60. The summed E-state index contributed by atoms with van der Waals surface area (Å²) in [6.07, 6.45) is 20.3. The van der Waals surface area contributed by atoms with Gasteiger partial charge in [-0.25, -0.2) is 0 Å². The summed E-state index contributed by atoms with van der Waals surface area (Å²) in [7, 11) is 0. The maximum atomic E-state index is 12.7. The molecule has 210 valence electrons. The van der Waals surface area contributed by atoms with Crippen molar-refractivity contribution in [3.05, 3.63) is 114 Å². The summed E-state index contributed by atoms with van der Waals surface area (Å²) in [5.74, 6) is 1.38. The van der Waals surface area contributed by atoms with Crippen LogP contribution in [0.5, 0.6) is 5.75 Å². The lowest BCUT2D eigenvalue weighted by atomic mass is 10.1. The molecule has 7 nitrogen and oxygen atoms in total. The molecule has 0 fully saturated rings. The van der Waals surface area contributed by atoms with E-state index in [1.807, 2.05) is 67.8 Å². The van der Waals surface area contributed by atoms with Gasteiger partial charge in [-0.1, -0.05) is 55.0 Å². The minimum Gasteiger partial charge on any atom is -0.458 e. The largest absolute Gasteiger partial charge is 0.458 e. The van der Waals surface area contributed by atoms with E-state index < -0.39 is 0 Å². The van der Waals surface area contributed by atoms with E-state index in [4.69, 9.17) is 10.5 Å². The second kappa shape index (κ2) is 16.4. The van der Waals surface area contributed by atoms with Crippen molar-refractivity contribution in [1.82, 2.24) is 10.7 Å². The molecule has 0 unspecified atom stereocenters. The molecule has 2 aromatic rings. The molecule has 0 spiro atoms. The normalized spacial score (nSPS) is 13.6. The number of nitrogen functional groups attached to an aromatic ring is 1. The zero-order valence-electron chi connectivity index (χ0n) is 23.7. The molecule has 2 aromatic carbocycles. The highest BCUT2D eigenvalue weighted by Crippen LogP contribution is 2.20. The number of carbonyl (C=O) groups is 1. The number of nitrogens with zero attached hydrogens (tertiary/aromatic N) is 1. The van der Waals surface area contributed by atoms with Crippen LogP contribution in [0.3, 0.4) is 0 Å². The Labute approximate surface area is 238 Å². The second-order valence-corrected chi connectivity index (χ2v) is 9.60. The van der Waals surface area contributed by atoms with Gasteiger partial charge in [-0.15, -0.1) is 0 Å². The number of ether oxygens (including phenoxy) is 1. The molecular formula is C33H41N5O2. The zero-order valence-corrected chi connectivity index (χ0v) is 23.7. The number of hydrogen-bond acceptors (Lipinski definition) is 6. The average Bonchev–Trinajstić information content (AvgIpc) is 3.23. The topological polar surface area (TPSA) is 101 Å². The summed E-state index contributed by atoms with van der Waals surface area (Å²) in [5, 5.41) is 10.6. The van der Waals surface area contributed by atoms with E-state index in [2.05, 4.69) is 53.2 Å². The van der Waals surface area contributed by atoms with Crippen molar-refractivity contribution in [1.29, 1.82) is 0 Å². The molecule has 0 bridgehead atoms. The fourth-order valence-electron chi connectivity index (χ4n) is 3.78. The summed E-state index contributed by atoms with van der Waals surface area (Å²) in [4.78, 5) is 12.7. The van der Waals surface area contributed by atoms with Crippen LogP contribution in [-0.4, -0.2) is 18.2 Å².